The Kier molecular flexibility index (Phi) is 5.28. The minimum absolute atomic E-state index is 0.0821. The summed E-state index contributed by atoms with van der Waals surface area (Å²) in [7, 11) is 0. The number of piperazine rings is 1. The van der Waals surface area contributed by atoms with Crippen molar-refractivity contribution in [3.8, 4) is 0 Å². The Labute approximate surface area is 146 Å². The number of amides is 1. The van der Waals surface area contributed by atoms with Crippen molar-refractivity contribution < 1.29 is 13.6 Å². The van der Waals surface area contributed by atoms with Crippen LogP contribution in [0.4, 0.5) is 20.2 Å². The number of halogens is 2. The summed E-state index contributed by atoms with van der Waals surface area (Å²) in [6.07, 6.45) is 0. The van der Waals surface area contributed by atoms with E-state index in [0.29, 0.717) is 5.69 Å². The van der Waals surface area contributed by atoms with E-state index in [1.165, 1.54) is 6.07 Å². The van der Waals surface area contributed by atoms with Gasteiger partial charge in [0.1, 0.15) is 0 Å². The van der Waals surface area contributed by atoms with Crippen molar-refractivity contribution in [2.45, 2.75) is 6.92 Å². The summed E-state index contributed by atoms with van der Waals surface area (Å²) < 4.78 is 26.2. The molecule has 25 heavy (non-hydrogen) atoms. The van der Waals surface area contributed by atoms with Crippen LogP contribution in [-0.4, -0.2) is 43.5 Å². The van der Waals surface area contributed by atoms with Crippen molar-refractivity contribution in [3.05, 3.63) is 59.7 Å². The lowest BCUT2D eigenvalue weighted by Crippen LogP contribution is -2.46. The van der Waals surface area contributed by atoms with Crippen LogP contribution in [0.25, 0.3) is 0 Å². The highest BCUT2D eigenvalue weighted by atomic mass is 19.2. The zero-order chi connectivity index (χ0) is 17.8. The molecule has 1 N–H and O–H groups in total. The molecule has 6 heteroatoms. The molecule has 0 spiro atoms. The largest absolute Gasteiger partial charge is 0.369 e. The van der Waals surface area contributed by atoms with Gasteiger partial charge in [-0.25, -0.2) is 8.78 Å². The van der Waals surface area contributed by atoms with Gasteiger partial charge < -0.3 is 15.1 Å². The number of rotatable bonds is 4. The maximum atomic E-state index is 13.2. The normalized spacial score (nSPS) is 15.2. The fraction of sp³-hybridized carbons (Fsp3) is 0.316. The van der Waals surface area contributed by atoms with E-state index in [0.717, 1.165) is 50.5 Å². The van der Waals surface area contributed by atoms with Gasteiger partial charge in [0.15, 0.2) is 11.6 Å². The lowest BCUT2D eigenvalue weighted by atomic mass is 10.2. The van der Waals surface area contributed by atoms with E-state index in [9.17, 15) is 13.6 Å². The third kappa shape index (κ3) is 4.14. The zero-order valence-corrected chi connectivity index (χ0v) is 14.1. The van der Waals surface area contributed by atoms with Gasteiger partial charge in [0, 0.05) is 43.1 Å². The lowest BCUT2D eigenvalue weighted by molar-refractivity contribution is 0.102. The third-order valence-corrected chi connectivity index (χ3v) is 4.49. The van der Waals surface area contributed by atoms with Crippen LogP contribution >= 0.6 is 0 Å². The van der Waals surface area contributed by atoms with E-state index < -0.39 is 17.5 Å². The molecule has 132 valence electrons. The molecule has 2 aromatic carbocycles. The molecule has 1 aliphatic rings. The van der Waals surface area contributed by atoms with Crippen LogP contribution in [0.15, 0.2) is 42.5 Å². The van der Waals surface area contributed by atoms with E-state index in [2.05, 4.69) is 22.0 Å². The molecule has 0 aliphatic carbocycles. The average molecular weight is 345 g/mol. The number of likely N-dealkylation sites (N-methyl/N-ethyl adjacent to an activating group) is 1. The fourth-order valence-corrected chi connectivity index (χ4v) is 2.92. The third-order valence-electron chi connectivity index (χ3n) is 4.49. The number of carbonyl (C=O) groups excluding carboxylic acids is 1. The summed E-state index contributed by atoms with van der Waals surface area (Å²) in [6.45, 7) is 7.29. The SMILES string of the molecule is CCN1CCN(c2ccc(NC(=O)c3ccc(F)c(F)c3)cc2)CC1. The van der Waals surface area contributed by atoms with E-state index >= 15 is 0 Å². The Morgan fingerprint density at radius 1 is 1.00 bits per heavy atom. The van der Waals surface area contributed by atoms with Crippen LogP contribution in [0.1, 0.15) is 17.3 Å². The van der Waals surface area contributed by atoms with Gasteiger partial charge in [0.05, 0.1) is 0 Å². The molecule has 1 saturated heterocycles. The van der Waals surface area contributed by atoms with Crippen molar-refractivity contribution >= 4 is 17.3 Å². The molecule has 3 rings (SSSR count). The zero-order valence-electron chi connectivity index (χ0n) is 14.1. The van der Waals surface area contributed by atoms with Gasteiger partial charge >= 0.3 is 0 Å². The van der Waals surface area contributed by atoms with Crippen molar-refractivity contribution in [1.82, 2.24) is 4.90 Å². The average Bonchev–Trinajstić information content (AvgIpc) is 2.64. The van der Waals surface area contributed by atoms with Crippen molar-refractivity contribution in [2.24, 2.45) is 0 Å². The molecule has 1 aliphatic heterocycles. The standard InChI is InChI=1S/C19H21F2N3O/c1-2-23-9-11-24(12-10-23)16-6-4-15(5-7-16)22-19(25)14-3-8-17(20)18(21)13-14/h3-8,13H,2,9-12H2,1H3,(H,22,25). The number of benzene rings is 2. The minimum atomic E-state index is -1.03. The summed E-state index contributed by atoms with van der Waals surface area (Å²) in [5.74, 6) is -2.47. The Balaban J connectivity index is 1.62. The maximum absolute atomic E-state index is 13.2. The highest BCUT2D eigenvalue weighted by molar-refractivity contribution is 6.04. The van der Waals surface area contributed by atoms with Crippen LogP contribution in [0.5, 0.6) is 0 Å². The summed E-state index contributed by atoms with van der Waals surface area (Å²) in [6, 6.07) is 10.7. The van der Waals surface area contributed by atoms with Gasteiger partial charge in [-0.2, -0.15) is 0 Å². The molecule has 1 fully saturated rings. The van der Waals surface area contributed by atoms with Gasteiger partial charge in [-0.05, 0) is 49.0 Å². The second-order valence-electron chi connectivity index (χ2n) is 6.05. The highest BCUT2D eigenvalue weighted by Gasteiger charge is 2.16. The second-order valence-corrected chi connectivity index (χ2v) is 6.05. The molecule has 0 radical (unpaired) electrons. The first-order chi connectivity index (χ1) is 12.1. The Morgan fingerprint density at radius 2 is 1.68 bits per heavy atom. The summed E-state index contributed by atoms with van der Waals surface area (Å²) in [5, 5.41) is 2.70. The van der Waals surface area contributed by atoms with Gasteiger partial charge in [-0.1, -0.05) is 6.92 Å². The molecule has 1 amide bonds. The number of nitrogens with one attached hydrogen (secondary N) is 1. The lowest BCUT2D eigenvalue weighted by Gasteiger charge is -2.35. The molecule has 0 atom stereocenters. The number of hydrogen-bond acceptors (Lipinski definition) is 3. The molecular weight excluding hydrogens is 324 g/mol. The molecule has 0 unspecified atom stereocenters. The van der Waals surface area contributed by atoms with Gasteiger partial charge in [-0.15, -0.1) is 0 Å². The van der Waals surface area contributed by atoms with Crippen LogP contribution in [0.2, 0.25) is 0 Å². The fourth-order valence-electron chi connectivity index (χ4n) is 2.92. The van der Waals surface area contributed by atoms with Crippen molar-refractivity contribution in [1.29, 1.82) is 0 Å². The number of hydrogen-bond donors (Lipinski definition) is 1. The molecule has 2 aromatic rings. The van der Waals surface area contributed by atoms with Crippen LogP contribution in [0, 0.1) is 11.6 Å². The monoisotopic (exact) mass is 345 g/mol. The number of nitrogens with zero attached hydrogens (tertiary/aromatic N) is 2. The molecule has 0 bridgehead atoms. The van der Waals surface area contributed by atoms with Gasteiger partial charge in [0.25, 0.3) is 5.91 Å². The maximum Gasteiger partial charge on any atom is 0.255 e. The number of anilines is 2. The summed E-state index contributed by atoms with van der Waals surface area (Å²) in [5.41, 5.74) is 1.81. The van der Waals surface area contributed by atoms with Crippen molar-refractivity contribution in [3.63, 3.8) is 0 Å². The quantitative estimate of drug-likeness (QED) is 0.923. The van der Waals surface area contributed by atoms with Crippen LogP contribution in [0.3, 0.4) is 0 Å². The summed E-state index contributed by atoms with van der Waals surface area (Å²) in [4.78, 5) is 16.8. The first-order valence-corrected chi connectivity index (χ1v) is 8.40. The highest BCUT2D eigenvalue weighted by Crippen LogP contribution is 2.20. The Hall–Kier alpha value is -2.47. The van der Waals surface area contributed by atoms with Gasteiger partial charge in [0.2, 0.25) is 0 Å². The van der Waals surface area contributed by atoms with E-state index in [4.69, 9.17) is 0 Å². The predicted octanol–water partition coefficient (Wildman–Crippen LogP) is 3.36. The predicted molar refractivity (Wildman–Crippen MR) is 95.1 cm³/mol. The Bertz CT molecular complexity index is 741. The molecule has 0 aromatic heterocycles. The Morgan fingerprint density at radius 3 is 2.28 bits per heavy atom. The first-order valence-electron chi connectivity index (χ1n) is 8.40. The van der Waals surface area contributed by atoms with Crippen LogP contribution in [-0.2, 0) is 0 Å². The minimum Gasteiger partial charge on any atom is -0.369 e. The molecule has 0 saturated carbocycles. The first kappa shape index (κ1) is 17.4. The van der Waals surface area contributed by atoms with E-state index in [1.807, 2.05) is 24.3 Å². The van der Waals surface area contributed by atoms with Gasteiger partial charge in [-0.3, -0.25) is 4.79 Å². The van der Waals surface area contributed by atoms with E-state index in [1.54, 1.807) is 0 Å². The van der Waals surface area contributed by atoms with E-state index in [-0.39, 0.29) is 5.56 Å². The molecular formula is C19H21F2N3O. The summed E-state index contributed by atoms with van der Waals surface area (Å²) >= 11 is 0. The second kappa shape index (κ2) is 7.61. The smallest absolute Gasteiger partial charge is 0.255 e. The topological polar surface area (TPSA) is 35.6 Å². The van der Waals surface area contributed by atoms with Crippen LogP contribution < -0.4 is 10.2 Å². The molecule has 4 nitrogen and oxygen atoms in total. The molecule has 1 heterocycles. The number of carbonyl (C=O) groups is 1. The van der Waals surface area contributed by atoms with Crippen molar-refractivity contribution in [2.75, 3.05) is 42.9 Å².